The van der Waals surface area contributed by atoms with Crippen LogP contribution in [0.2, 0.25) is 0 Å². The molecule has 6 nitrogen and oxygen atoms in total. The van der Waals surface area contributed by atoms with Crippen LogP contribution in [0.4, 0.5) is 0 Å². The van der Waals surface area contributed by atoms with Gasteiger partial charge in [0.05, 0.1) is 13.7 Å². The largest absolute Gasteiger partial charge is 0.497 e. The number of furan rings is 1. The molecule has 2 aromatic heterocycles. The Labute approximate surface area is 158 Å². The van der Waals surface area contributed by atoms with Gasteiger partial charge in [-0.25, -0.2) is 4.98 Å². The van der Waals surface area contributed by atoms with E-state index < -0.39 is 0 Å². The number of amides is 1. The van der Waals surface area contributed by atoms with Crippen molar-refractivity contribution in [1.82, 2.24) is 9.88 Å². The van der Waals surface area contributed by atoms with E-state index in [9.17, 15) is 4.79 Å². The Bertz CT molecular complexity index is 938. The van der Waals surface area contributed by atoms with Crippen LogP contribution in [0, 0.1) is 0 Å². The highest BCUT2D eigenvalue weighted by atomic mass is 79.9. The van der Waals surface area contributed by atoms with Crippen LogP contribution in [0.1, 0.15) is 17.0 Å². The van der Waals surface area contributed by atoms with E-state index in [2.05, 4.69) is 20.9 Å². The summed E-state index contributed by atoms with van der Waals surface area (Å²) in [4.78, 5) is 18.7. The molecule has 0 aliphatic carbocycles. The van der Waals surface area contributed by atoms with Gasteiger partial charge in [-0.05, 0) is 46.3 Å². The third kappa shape index (κ3) is 3.39. The van der Waals surface area contributed by atoms with Gasteiger partial charge in [0.1, 0.15) is 17.4 Å². The lowest BCUT2D eigenvalue weighted by Crippen LogP contribution is -2.30. The van der Waals surface area contributed by atoms with E-state index in [0.717, 1.165) is 22.0 Å². The number of carbonyl (C=O) groups excluding carboxylic acids is 1. The highest BCUT2D eigenvalue weighted by molar-refractivity contribution is 9.10. The molecule has 26 heavy (non-hydrogen) atoms. The number of pyridine rings is 1. The Morgan fingerprint density at radius 1 is 1.31 bits per heavy atom. The van der Waals surface area contributed by atoms with Crippen LogP contribution in [0.15, 0.2) is 51.5 Å². The summed E-state index contributed by atoms with van der Waals surface area (Å²) in [5.74, 6) is 1.49. The zero-order chi connectivity index (χ0) is 18.1. The van der Waals surface area contributed by atoms with Gasteiger partial charge in [0.2, 0.25) is 5.88 Å². The lowest BCUT2D eigenvalue weighted by molar-refractivity contribution is 0.0742. The maximum Gasteiger partial charge on any atom is 0.289 e. The van der Waals surface area contributed by atoms with Gasteiger partial charge in [0.15, 0.2) is 5.76 Å². The number of rotatable bonds is 4. The van der Waals surface area contributed by atoms with Crippen LogP contribution in [-0.4, -0.2) is 42.1 Å². The number of fused-ring (bicyclic) bond motifs is 1. The lowest BCUT2D eigenvalue weighted by Gasteiger charge is -2.15. The van der Waals surface area contributed by atoms with Crippen LogP contribution in [0.5, 0.6) is 11.6 Å². The monoisotopic (exact) mass is 416 g/mol. The topological polar surface area (TPSA) is 64.8 Å². The smallest absolute Gasteiger partial charge is 0.289 e. The molecule has 1 amide bonds. The Balaban J connectivity index is 1.44. The number of likely N-dealkylation sites (tertiary alicyclic amines) is 1. The highest BCUT2D eigenvalue weighted by Crippen LogP contribution is 2.26. The Kier molecular flexibility index (Phi) is 4.55. The van der Waals surface area contributed by atoms with Crippen molar-refractivity contribution < 1.29 is 18.7 Å². The number of hydrogen-bond donors (Lipinski definition) is 0. The highest BCUT2D eigenvalue weighted by Gasteiger charge is 2.30. The van der Waals surface area contributed by atoms with Gasteiger partial charge in [-0.3, -0.25) is 4.79 Å². The van der Waals surface area contributed by atoms with Gasteiger partial charge >= 0.3 is 0 Å². The molecule has 1 aromatic carbocycles. The minimum absolute atomic E-state index is 0.0721. The molecule has 1 saturated heterocycles. The minimum Gasteiger partial charge on any atom is -0.497 e. The second-order valence-corrected chi connectivity index (χ2v) is 7.02. The Morgan fingerprint density at radius 2 is 2.19 bits per heavy atom. The first-order valence-electron chi connectivity index (χ1n) is 8.27. The normalized spacial score (nSPS) is 16.8. The molecule has 4 rings (SSSR count). The average molecular weight is 417 g/mol. The van der Waals surface area contributed by atoms with Gasteiger partial charge in [0.25, 0.3) is 5.91 Å². The molecule has 7 heteroatoms. The summed E-state index contributed by atoms with van der Waals surface area (Å²) in [6.45, 7) is 1.14. The molecule has 0 bridgehead atoms. The van der Waals surface area contributed by atoms with E-state index in [1.807, 2.05) is 18.2 Å². The quantitative estimate of drug-likeness (QED) is 0.645. The number of methoxy groups -OCH3 is 1. The molecule has 1 fully saturated rings. The van der Waals surface area contributed by atoms with Crippen LogP contribution in [0.3, 0.4) is 0 Å². The molecule has 3 heterocycles. The number of ether oxygens (including phenoxy) is 2. The van der Waals surface area contributed by atoms with Gasteiger partial charge < -0.3 is 18.8 Å². The fourth-order valence-electron chi connectivity index (χ4n) is 3.02. The molecule has 0 spiro atoms. The summed E-state index contributed by atoms with van der Waals surface area (Å²) >= 11 is 3.35. The van der Waals surface area contributed by atoms with Crippen molar-refractivity contribution >= 4 is 32.8 Å². The van der Waals surface area contributed by atoms with Gasteiger partial charge in [-0.15, -0.1) is 0 Å². The molecule has 0 unspecified atom stereocenters. The van der Waals surface area contributed by atoms with Gasteiger partial charge in [-0.1, -0.05) is 0 Å². The molecular weight excluding hydrogens is 400 g/mol. The van der Waals surface area contributed by atoms with Gasteiger partial charge in [-0.2, -0.15) is 0 Å². The molecule has 0 radical (unpaired) electrons. The minimum atomic E-state index is -0.130. The molecular formula is C19H17BrN2O4. The molecule has 3 aromatic rings. The lowest BCUT2D eigenvalue weighted by atomic mass is 10.2. The van der Waals surface area contributed by atoms with Crippen LogP contribution >= 0.6 is 15.9 Å². The van der Waals surface area contributed by atoms with Crippen molar-refractivity contribution in [3.8, 4) is 11.6 Å². The van der Waals surface area contributed by atoms with Crippen LogP contribution < -0.4 is 9.47 Å². The van der Waals surface area contributed by atoms with E-state index in [-0.39, 0.29) is 12.0 Å². The standard InChI is InChI=1S/C19H17BrN2O4/c1-24-14-3-4-16-12(8-14)9-17(26-16)19(23)22-7-6-15(11-22)25-18-5-2-13(20)10-21-18/h2-5,8-10,15H,6-7,11H2,1H3/t15-/m1/s1. The average Bonchev–Trinajstić information content (AvgIpc) is 3.29. The molecule has 134 valence electrons. The number of halogens is 1. The zero-order valence-electron chi connectivity index (χ0n) is 14.1. The fraction of sp³-hybridized carbons (Fsp3) is 0.263. The third-order valence-electron chi connectivity index (χ3n) is 4.35. The SMILES string of the molecule is COc1ccc2oc(C(=O)N3CC[C@@H](Oc4ccc(Br)cn4)C3)cc2c1. The molecule has 0 N–H and O–H groups in total. The summed E-state index contributed by atoms with van der Waals surface area (Å²) in [6, 6.07) is 10.9. The van der Waals surface area contributed by atoms with E-state index in [0.29, 0.717) is 30.3 Å². The maximum absolute atomic E-state index is 12.7. The van der Waals surface area contributed by atoms with Crippen molar-refractivity contribution in [1.29, 1.82) is 0 Å². The number of benzene rings is 1. The second kappa shape index (κ2) is 6.99. The number of nitrogens with zero attached hydrogens (tertiary/aromatic N) is 2. The van der Waals surface area contributed by atoms with Crippen molar-refractivity contribution in [3.63, 3.8) is 0 Å². The second-order valence-electron chi connectivity index (χ2n) is 6.11. The number of carbonyl (C=O) groups is 1. The summed E-state index contributed by atoms with van der Waals surface area (Å²) < 4.78 is 17.7. The van der Waals surface area contributed by atoms with E-state index in [4.69, 9.17) is 13.9 Å². The third-order valence-corrected chi connectivity index (χ3v) is 4.82. The van der Waals surface area contributed by atoms with Gasteiger partial charge in [0, 0.05) is 35.1 Å². The zero-order valence-corrected chi connectivity index (χ0v) is 15.7. The first-order valence-corrected chi connectivity index (χ1v) is 9.07. The Morgan fingerprint density at radius 3 is 2.96 bits per heavy atom. The van der Waals surface area contributed by atoms with Crippen LogP contribution in [0.25, 0.3) is 11.0 Å². The predicted molar refractivity (Wildman–Crippen MR) is 99.6 cm³/mol. The van der Waals surface area contributed by atoms with Crippen molar-refractivity contribution in [2.24, 2.45) is 0 Å². The van der Waals surface area contributed by atoms with Crippen molar-refractivity contribution in [2.45, 2.75) is 12.5 Å². The molecule has 1 aliphatic heterocycles. The summed E-state index contributed by atoms with van der Waals surface area (Å²) in [5.41, 5.74) is 0.667. The molecule has 1 aliphatic rings. The molecule has 1 atom stereocenters. The predicted octanol–water partition coefficient (Wildman–Crippen LogP) is 3.89. The van der Waals surface area contributed by atoms with Crippen molar-refractivity contribution in [3.05, 3.63) is 52.8 Å². The fourth-order valence-corrected chi connectivity index (χ4v) is 3.26. The number of aromatic nitrogens is 1. The summed E-state index contributed by atoms with van der Waals surface area (Å²) in [7, 11) is 1.61. The van der Waals surface area contributed by atoms with Crippen LogP contribution in [-0.2, 0) is 0 Å². The van der Waals surface area contributed by atoms with E-state index >= 15 is 0 Å². The number of hydrogen-bond acceptors (Lipinski definition) is 5. The summed E-state index contributed by atoms with van der Waals surface area (Å²) in [5, 5.41) is 0.846. The summed E-state index contributed by atoms with van der Waals surface area (Å²) in [6.07, 6.45) is 2.38. The van der Waals surface area contributed by atoms with E-state index in [1.54, 1.807) is 36.4 Å². The first-order chi connectivity index (χ1) is 12.6. The maximum atomic E-state index is 12.7. The molecule has 0 saturated carbocycles. The first kappa shape index (κ1) is 16.9. The van der Waals surface area contributed by atoms with E-state index in [1.165, 1.54) is 0 Å². The van der Waals surface area contributed by atoms with Crippen molar-refractivity contribution in [2.75, 3.05) is 20.2 Å². The Hall–Kier alpha value is -2.54.